The van der Waals surface area contributed by atoms with Gasteiger partial charge in [0.25, 0.3) is 0 Å². The van der Waals surface area contributed by atoms with E-state index in [-0.39, 0.29) is 12.8 Å². The normalized spacial score (nSPS) is 11.9. The number of carbonyl (C=O) groups excluding carboxylic acids is 1. The third kappa shape index (κ3) is 4.61. The lowest BCUT2D eigenvalue weighted by Crippen LogP contribution is -2.32. The van der Waals surface area contributed by atoms with E-state index in [1.807, 2.05) is 30.3 Å². The maximum absolute atomic E-state index is 12.1. The Bertz CT molecular complexity index is 1150. The monoisotopic (exact) mass is 417 g/mol. The quantitative estimate of drug-likeness (QED) is 0.519. The van der Waals surface area contributed by atoms with Crippen molar-refractivity contribution in [2.45, 2.75) is 19.8 Å². The summed E-state index contributed by atoms with van der Waals surface area (Å²) in [5.41, 5.74) is 3.06. The van der Waals surface area contributed by atoms with Gasteiger partial charge in [-0.2, -0.15) is 5.26 Å². The molecule has 1 aliphatic heterocycles. The van der Waals surface area contributed by atoms with Crippen LogP contribution in [0.5, 0.6) is 11.5 Å². The van der Waals surface area contributed by atoms with Crippen LogP contribution in [0.4, 0.5) is 16.3 Å². The average Bonchev–Trinajstić information content (AvgIpc) is 3.22. The van der Waals surface area contributed by atoms with Gasteiger partial charge in [-0.05, 0) is 35.7 Å². The Balaban J connectivity index is 1.33. The number of pyridine rings is 1. The second-order valence-corrected chi connectivity index (χ2v) is 7.48. The van der Waals surface area contributed by atoms with Crippen molar-refractivity contribution in [1.29, 1.82) is 5.26 Å². The number of urea groups is 1. The predicted molar refractivity (Wildman–Crippen MR) is 119 cm³/mol. The molecular formula is C23H23N5O3. The summed E-state index contributed by atoms with van der Waals surface area (Å²) in [4.78, 5) is 16.6. The highest BCUT2D eigenvalue weighted by atomic mass is 16.7. The molecule has 0 fully saturated rings. The fourth-order valence-corrected chi connectivity index (χ4v) is 3.27. The summed E-state index contributed by atoms with van der Waals surface area (Å²) < 4.78 is 10.8. The molecule has 2 heterocycles. The first-order valence-electron chi connectivity index (χ1n) is 10.1. The molecule has 8 heteroatoms. The fraction of sp³-hybridized carbons (Fsp3) is 0.261. The van der Waals surface area contributed by atoms with Gasteiger partial charge >= 0.3 is 6.03 Å². The molecule has 0 unspecified atom stereocenters. The number of nitriles is 1. The van der Waals surface area contributed by atoms with Crippen LogP contribution >= 0.6 is 0 Å². The number of hydrogen-bond acceptors (Lipinski definition) is 6. The molecule has 0 atom stereocenters. The number of aromatic nitrogens is 1. The zero-order valence-corrected chi connectivity index (χ0v) is 17.4. The van der Waals surface area contributed by atoms with E-state index in [9.17, 15) is 10.1 Å². The van der Waals surface area contributed by atoms with Crippen LogP contribution < -0.4 is 25.4 Å². The Morgan fingerprint density at radius 1 is 1.13 bits per heavy atom. The molecule has 31 heavy (non-hydrogen) atoms. The van der Waals surface area contributed by atoms with E-state index < -0.39 is 0 Å². The summed E-state index contributed by atoms with van der Waals surface area (Å²) >= 11 is 0. The minimum atomic E-state index is -0.293. The number of amides is 2. The Hall–Kier alpha value is -3.99. The van der Waals surface area contributed by atoms with E-state index >= 15 is 0 Å². The van der Waals surface area contributed by atoms with Crippen LogP contribution in [-0.2, 0) is 0 Å². The lowest BCUT2D eigenvalue weighted by atomic mass is 10.0. The van der Waals surface area contributed by atoms with E-state index in [0.717, 1.165) is 11.1 Å². The smallest absolute Gasteiger partial charge is 0.319 e. The summed E-state index contributed by atoms with van der Waals surface area (Å²) in [6.07, 6.45) is 0. The molecule has 158 valence electrons. The van der Waals surface area contributed by atoms with Gasteiger partial charge < -0.3 is 25.4 Å². The molecule has 4 rings (SSSR count). The largest absolute Gasteiger partial charge is 0.454 e. The first-order chi connectivity index (χ1) is 15.0. The van der Waals surface area contributed by atoms with Gasteiger partial charge in [0.2, 0.25) is 6.79 Å². The average molecular weight is 417 g/mol. The zero-order valence-electron chi connectivity index (χ0n) is 17.4. The number of nitrogens with zero attached hydrogens (tertiary/aromatic N) is 2. The number of anilines is 2. The molecule has 0 bridgehead atoms. The van der Waals surface area contributed by atoms with Crippen molar-refractivity contribution in [2.75, 3.05) is 30.5 Å². The molecule has 0 aliphatic carbocycles. The Morgan fingerprint density at radius 2 is 1.87 bits per heavy atom. The zero-order chi connectivity index (χ0) is 21.8. The number of hydrogen-bond donors (Lipinski definition) is 3. The van der Waals surface area contributed by atoms with Crippen molar-refractivity contribution in [3.05, 3.63) is 53.6 Å². The standard InChI is InChI=1S/C23H23N5O3/c1-14(2)15-3-5-18(6-4-15)27-23(29)26-8-7-25-22-17(12-24)9-16-10-20-21(31-13-30-20)11-19(16)28-22/h3-6,9-11,14H,7-8,13H2,1-2H3,(H,25,28)(H2,26,27,29). The summed E-state index contributed by atoms with van der Waals surface area (Å²) in [5.74, 6) is 2.18. The minimum Gasteiger partial charge on any atom is -0.454 e. The van der Waals surface area contributed by atoms with Gasteiger partial charge in [0.15, 0.2) is 11.5 Å². The molecule has 0 saturated heterocycles. The number of nitrogens with one attached hydrogen (secondary N) is 3. The molecule has 8 nitrogen and oxygen atoms in total. The van der Waals surface area contributed by atoms with Crippen LogP contribution in [-0.4, -0.2) is 30.9 Å². The van der Waals surface area contributed by atoms with Crippen LogP contribution in [0.15, 0.2) is 42.5 Å². The van der Waals surface area contributed by atoms with Crippen molar-refractivity contribution < 1.29 is 14.3 Å². The lowest BCUT2D eigenvalue weighted by molar-refractivity contribution is 0.174. The van der Waals surface area contributed by atoms with Gasteiger partial charge in [0.05, 0.1) is 11.1 Å². The van der Waals surface area contributed by atoms with Crippen molar-refractivity contribution >= 4 is 28.4 Å². The van der Waals surface area contributed by atoms with Crippen LogP contribution in [0.1, 0.15) is 30.9 Å². The molecule has 1 aromatic heterocycles. The highest BCUT2D eigenvalue weighted by molar-refractivity contribution is 5.89. The summed E-state index contributed by atoms with van der Waals surface area (Å²) in [6.45, 7) is 5.20. The van der Waals surface area contributed by atoms with Crippen molar-refractivity contribution in [1.82, 2.24) is 10.3 Å². The maximum Gasteiger partial charge on any atom is 0.319 e. The number of rotatable bonds is 6. The van der Waals surface area contributed by atoms with Gasteiger partial charge in [-0.1, -0.05) is 26.0 Å². The van der Waals surface area contributed by atoms with Gasteiger partial charge in [0.1, 0.15) is 11.9 Å². The molecule has 2 aromatic carbocycles. The van der Waals surface area contributed by atoms with Crippen LogP contribution in [0.2, 0.25) is 0 Å². The first kappa shape index (κ1) is 20.3. The second kappa shape index (κ2) is 8.79. The summed E-state index contributed by atoms with van der Waals surface area (Å²) in [6, 6.07) is 15.0. The first-order valence-corrected chi connectivity index (χ1v) is 10.1. The van der Waals surface area contributed by atoms with Gasteiger partial charge in [-0.3, -0.25) is 0 Å². The molecule has 3 aromatic rings. The van der Waals surface area contributed by atoms with Gasteiger partial charge in [-0.25, -0.2) is 9.78 Å². The topological polar surface area (TPSA) is 108 Å². The Labute approximate surface area is 180 Å². The summed E-state index contributed by atoms with van der Waals surface area (Å²) in [7, 11) is 0. The lowest BCUT2D eigenvalue weighted by Gasteiger charge is -2.11. The molecule has 0 radical (unpaired) electrons. The number of carbonyl (C=O) groups is 1. The van der Waals surface area contributed by atoms with Gasteiger partial charge in [-0.15, -0.1) is 0 Å². The molecule has 0 spiro atoms. The highest BCUT2D eigenvalue weighted by Crippen LogP contribution is 2.36. The van der Waals surface area contributed by atoms with E-state index in [4.69, 9.17) is 9.47 Å². The maximum atomic E-state index is 12.1. The Morgan fingerprint density at radius 3 is 2.58 bits per heavy atom. The van der Waals surface area contributed by atoms with E-state index in [1.54, 1.807) is 12.1 Å². The Kier molecular flexibility index (Phi) is 5.76. The van der Waals surface area contributed by atoms with E-state index in [0.29, 0.717) is 47.4 Å². The molecule has 1 aliphatic rings. The van der Waals surface area contributed by atoms with Crippen LogP contribution in [0.25, 0.3) is 10.9 Å². The van der Waals surface area contributed by atoms with Crippen LogP contribution in [0.3, 0.4) is 0 Å². The van der Waals surface area contributed by atoms with E-state index in [1.165, 1.54) is 5.56 Å². The molecule has 3 N–H and O–H groups in total. The third-order valence-electron chi connectivity index (χ3n) is 4.97. The third-order valence-corrected chi connectivity index (χ3v) is 4.97. The van der Waals surface area contributed by atoms with Crippen molar-refractivity contribution in [3.8, 4) is 17.6 Å². The minimum absolute atomic E-state index is 0.178. The summed E-state index contributed by atoms with van der Waals surface area (Å²) in [5, 5.41) is 19.0. The predicted octanol–water partition coefficient (Wildman–Crippen LogP) is 4.19. The van der Waals surface area contributed by atoms with Gasteiger partial charge in [0, 0.05) is 30.2 Å². The number of fused-ring (bicyclic) bond motifs is 2. The number of benzene rings is 2. The fourth-order valence-electron chi connectivity index (χ4n) is 3.27. The number of ether oxygens (including phenoxy) is 2. The highest BCUT2D eigenvalue weighted by Gasteiger charge is 2.16. The van der Waals surface area contributed by atoms with Crippen molar-refractivity contribution in [3.63, 3.8) is 0 Å². The molecular weight excluding hydrogens is 394 g/mol. The van der Waals surface area contributed by atoms with E-state index in [2.05, 4.69) is 40.9 Å². The van der Waals surface area contributed by atoms with Crippen LogP contribution in [0, 0.1) is 11.3 Å². The SMILES string of the molecule is CC(C)c1ccc(NC(=O)NCCNc2nc3cc4c(cc3cc2C#N)OCO4)cc1. The molecule has 0 saturated carbocycles. The molecule has 2 amide bonds. The van der Waals surface area contributed by atoms with Crippen molar-refractivity contribution in [2.24, 2.45) is 0 Å². The second-order valence-electron chi connectivity index (χ2n) is 7.48.